The summed E-state index contributed by atoms with van der Waals surface area (Å²) in [6, 6.07) is 15.3. The van der Waals surface area contributed by atoms with Gasteiger partial charge in [0.2, 0.25) is 0 Å². The lowest BCUT2D eigenvalue weighted by Gasteiger charge is -2.34. The van der Waals surface area contributed by atoms with E-state index >= 15 is 0 Å². The summed E-state index contributed by atoms with van der Waals surface area (Å²) in [5, 5.41) is 0. The maximum absolute atomic E-state index is 13.8. The van der Waals surface area contributed by atoms with Crippen molar-refractivity contribution in [1.82, 2.24) is 0 Å². The molecule has 0 aromatic heterocycles. The number of methoxy groups -OCH3 is 1. The zero-order valence-electron chi connectivity index (χ0n) is 16.8. The molecule has 0 N–H and O–H groups in total. The maximum atomic E-state index is 13.8. The van der Waals surface area contributed by atoms with Crippen LogP contribution in [-0.2, 0) is 5.92 Å². The van der Waals surface area contributed by atoms with Gasteiger partial charge < -0.3 is 9.64 Å². The molecule has 2 nitrogen and oxygen atoms in total. The topological polar surface area (TPSA) is 12.5 Å². The molecule has 0 bridgehead atoms. The van der Waals surface area contributed by atoms with Crippen LogP contribution in [0.2, 0.25) is 0 Å². The van der Waals surface area contributed by atoms with E-state index in [1.54, 1.807) is 12.1 Å². The Labute approximate surface area is 170 Å². The molecule has 2 aromatic carbocycles. The lowest BCUT2D eigenvalue weighted by atomic mass is 9.90. The molecule has 0 amide bonds. The Bertz CT molecular complexity index is 818. The molecule has 1 heterocycles. The van der Waals surface area contributed by atoms with Gasteiger partial charge in [-0.05, 0) is 61.1 Å². The van der Waals surface area contributed by atoms with Gasteiger partial charge in [0.15, 0.2) is 6.67 Å². The molecule has 1 saturated carbocycles. The van der Waals surface area contributed by atoms with Gasteiger partial charge >= 0.3 is 5.92 Å². The van der Waals surface area contributed by atoms with Crippen LogP contribution in [0.25, 0.3) is 0 Å². The van der Waals surface area contributed by atoms with Crippen LogP contribution in [0.3, 0.4) is 0 Å². The van der Waals surface area contributed by atoms with E-state index in [-0.39, 0.29) is 11.3 Å². The maximum Gasteiger partial charge on any atom is 0.304 e. The van der Waals surface area contributed by atoms with Gasteiger partial charge in [0.05, 0.1) is 12.7 Å². The summed E-state index contributed by atoms with van der Waals surface area (Å²) in [4.78, 5) is 2.22. The third kappa shape index (κ3) is 4.39. The van der Waals surface area contributed by atoms with Crippen molar-refractivity contribution in [3.63, 3.8) is 0 Å². The van der Waals surface area contributed by atoms with E-state index in [1.165, 1.54) is 31.6 Å². The van der Waals surface area contributed by atoms with Crippen LogP contribution in [-0.4, -0.2) is 26.9 Å². The van der Waals surface area contributed by atoms with Crippen molar-refractivity contribution in [2.75, 3.05) is 31.8 Å². The molecule has 1 aliphatic heterocycles. The predicted octanol–water partition coefficient (Wildman–Crippen LogP) is 6.17. The van der Waals surface area contributed by atoms with Gasteiger partial charge in [-0.15, -0.1) is 0 Å². The zero-order chi connectivity index (χ0) is 20.4. The van der Waals surface area contributed by atoms with Gasteiger partial charge in [0.25, 0.3) is 0 Å². The van der Waals surface area contributed by atoms with Crippen LogP contribution in [0.5, 0.6) is 5.75 Å². The molecule has 2 aliphatic rings. The average Bonchev–Trinajstić information content (AvgIpc) is 3.53. The number of hydrogen-bond acceptors (Lipinski definition) is 2. The Morgan fingerprint density at radius 1 is 1.07 bits per heavy atom. The predicted molar refractivity (Wildman–Crippen MR) is 110 cm³/mol. The molecule has 2 fully saturated rings. The first kappa shape index (κ1) is 20.1. The average molecular weight is 403 g/mol. The van der Waals surface area contributed by atoms with Crippen molar-refractivity contribution in [3.8, 4) is 5.75 Å². The number of halogens is 3. The first-order valence-corrected chi connectivity index (χ1v) is 10.4. The monoisotopic (exact) mass is 403 g/mol. The van der Waals surface area contributed by atoms with Gasteiger partial charge in [-0.1, -0.05) is 30.3 Å². The minimum Gasteiger partial charge on any atom is -0.496 e. The number of piperidine rings is 1. The summed E-state index contributed by atoms with van der Waals surface area (Å²) in [7, 11) is 1.35. The quantitative estimate of drug-likeness (QED) is 0.548. The van der Waals surface area contributed by atoms with E-state index in [2.05, 4.69) is 35.2 Å². The highest BCUT2D eigenvalue weighted by molar-refractivity contribution is 5.55. The number of ether oxygens (including phenoxy) is 1. The van der Waals surface area contributed by atoms with Gasteiger partial charge in [-0.25, -0.2) is 4.39 Å². The summed E-state index contributed by atoms with van der Waals surface area (Å²) in [6.07, 6.45) is 4.80. The van der Waals surface area contributed by atoms with E-state index in [9.17, 15) is 13.2 Å². The zero-order valence-corrected chi connectivity index (χ0v) is 16.8. The SMILES string of the molecule is COc1cc(N2CCC(CC3CC3c3ccccc3)CC2)ccc1C(F)(F)CF. The van der Waals surface area contributed by atoms with Crippen molar-refractivity contribution in [3.05, 3.63) is 59.7 Å². The molecule has 156 valence electrons. The summed E-state index contributed by atoms with van der Waals surface area (Å²) < 4.78 is 45.4. The first-order valence-electron chi connectivity index (χ1n) is 10.4. The number of rotatable bonds is 7. The smallest absolute Gasteiger partial charge is 0.304 e. The second-order valence-electron chi connectivity index (χ2n) is 8.40. The fraction of sp³-hybridized carbons (Fsp3) is 0.500. The molecule has 1 aliphatic carbocycles. The highest BCUT2D eigenvalue weighted by Gasteiger charge is 2.40. The minimum atomic E-state index is -3.52. The van der Waals surface area contributed by atoms with Gasteiger partial charge in [-0.2, -0.15) is 8.78 Å². The summed E-state index contributed by atoms with van der Waals surface area (Å²) in [5.41, 5.74) is 1.95. The first-order chi connectivity index (χ1) is 14.0. The number of anilines is 1. The van der Waals surface area contributed by atoms with E-state index in [0.29, 0.717) is 0 Å². The lowest BCUT2D eigenvalue weighted by molar-refractivity contribution is -0.0299. The molecule has 0 spiro atoms. The summed E-state index contributed by atoms with van der Waals surface area (Å²) in [6.45, 7) is 0.101. The van der Waals surface area contributed by atoms with Crippen molar-refractivity contribution >= 4 is 5.69 Å². The van der Waals surface area contributed by atoms with E-state index < -0.39 is 12.6 Å². The second-order valence-corrected chi connectivity index (χ2v) is 8.40. The van der Waals surface area contributed by atoms with Crippen molar-refractivity contribution in [2.24, 2.45) is 11.8 Å². The fourth-order valence-corrected chi connectivity index (χ4v) is 4.72. The molecule has 2 atom stereocenters. The van der Waals surface area contributed by atoms with E-state index in [0.717, 1.165) is 49.4 Å². The summed E-state index contributed by atoms with van der Waals surface area (Å²) in [5.74, 6) is -1.21. The molecule has 0 radical (unpaired) electrons. The molecule has 29 heavy (non-hydrogen) atoms. The molecule has 4 rings (SSSR count). The van der Waals surface area contributed by atoms with Crippen LogP contribution in [0.1, 0.15) is 42.7 Å². The molecule has 2 aromatic rings. The van der Waals surface area contributed by atoms with E-state index in [4.69, 9.17) is 4.74 Å². The van der Waals surface area contributed by atoms with Crippen LogP contribution in [0.4, 0.5) is 18.9 Å². The molecular formula is C24H28F3NO. The standard InChI is InChI=1S/C24H28F3NO/c1-29-23-15-20(7-8-22(23)24(26,27)16-25)28-11-9-17(10-12-28)13-19-14-21(19)18-5-3-2-4-6-18/h2-8,15,17,19,21H,9-14,16H2,1H3. The number of hydrogen-bond donors (Lipinski definition) is 0. The Hall–Kier alpha value is -2.17. The van der Waals surface area contributed by atoms with Crippen molar-refractivity contribution in [1.29, 1.82) is 0 Å². The number of alkyl halides is 3. The molecule has 1 saturated heterocycles. The van der Waals surface area contributed by atoms with Gasteiger partial charge in [-0.3, -0.25) is 0 Å². The normalized spacial score (nSPS) is 22.6. The molecule has 5 heteroatoms. The summed E-state index contributed by atoms with van der Waals surface area (Å²) >= 11 is 0. The van der Waals surface area contributed by atoms with E-state index in [1.807, 2.05) is 0 Å². The minimum absolute atomic E-state index is 0.0518. The van der Waals surface area contributed by atoms with Crippen LogP contribution < -0.4 is 9.64 Å². The Morgan fingerprint density at radius 3 is 2.45 bits per heavy atom. The lowest BCUT2D eigenvalue weighted by Crippen LogP contribution is -2.34. The van der Waals surface area contributed by atoms with Crippen molar-refractivity contribution in [2.45, 2.75) is 37.5 Å². The highest BCUT2D eigenvalue weighted by Crippen LogP contribution is 2.51. The Kier molecular flexibility index (Phi) is 5.75. The fourth-order valence-electron chi connectivity index (χ4n) is 4.72. The van der Waals surface area contributed by atoms with Crippen molar-refractivity contribution < 1.29 is 17.9 Å². The number of benzene rings is 2. The van der Waals surface area contributed by atoms with Crippen LogP contribution in [0, 0.1) is 11.8 Å². The largest absolute Gasteiger partial charge is 0.496 e. The van der Waals surface area contributed by atoms with Gasteiger partial charge in [0, 0.05) is 24.8 Å². The third-order valence-corrected chi connectivity index (χ3v) is 6.51. The number of nitrogens with zero attached hydrogens (tertiary/aromatic N) is 1. The van der Waals surface area contributed by atoms with Gasteiger partial charge in [0.1, 0.15) is 5.75 Å². The Morgan fingerprint density at radius 2 is 1.79 bits per heavy atom. The van der Waals surface area contributed by atoms with Crippen LogP contribution >= 0.6 is 0 Å². The Balaban J connectivity index is 1.33. The molecule has 2 unspecified atom stereocenters. The van der Waals surface area contributed by atoms with Crippen LogP contribution in [0.15, 0.2) is 48.5 Å². The second kappa shape index (κ2) is 8.29. The highest BCUT2D eigenvalue weighted by atomic mass is 19.3. The third-order valence-electron chi connectivity index (χ3n) is 6.51. The molecular weight excluding hydrogens is 375 g/mol.